The second-order valence-electron chi connectivity index (χ2n) is 13.0. The summed E-state index contributed by atoms with van der Waals surface area (Å²) >= 11 is 0. The molecule has 2 atom stereocenters. The number of nitrogens with one attached hydrogen (secondary N) is 4. The zero-order valence-electron chi connectivity index (χ0n) is 33.3. The minimum Gasteiger partial charge on any atom is -0.494 e. The van der Waals surface area contributed by atoms with Crippen molar-refractivity contribution in [1.82, 2.24) is 21.3 Å². The molecule has 0 spiro atoms. The van der Waals surface area contributed by atoms with E-state index in [1.165, 1.54) is 0 Å². The van der Waals surface area contributed by atoms with Gasteiger partial charge in [0.15, 0.2) is 0 Å². The molecule has 0 saturated carbocycles. The SMILES string of the molecule is CCCC(=O)N[C@@H](CN)C(=O)NCCOCCOCC(=O)NCCOCCOCC(=O)NCCCCOc1ccc(-c2ccc(C[C@H](N)C(=O)O)cc2)c(CC)c1. The molecule has 2 aromatic carbocycles. The number of carbonyl (C=O) groups is 5. The van der Waals surface area contributed by atoms with E-state index in [0.717, 1.165) is 47.3 Å². The van der Waals surface area contributed by atoms with Gasteiger partial charge in [-0.15, -0.1) is 0 Å². The van der Waals surface area contributed by atoms with E-state index in [0.29, 0.717) is 32.5 Å². The summed E-state index contributed by atoms with van der Waals surface area (Å²) < 4.78 is 27.4. The number of aliphatic carboxylic acids is 1. The van der Waals surface area contributed by atoms with Gasteiger partial charge in [-0.3, -0.25) is 24.0 Å². The van der Waals surface area contributed by atoms with Gasteiger partial charge in [0.25, 0.3) is 0 Å². The standard InChI is InChI=1S/C40H62N6O11/c1-3-7-36(47)46-35(26-41)39(50)45-16-19-54-21-23-56-28-38(49)44-15-18-53-20-22-55-27-37(48)43-14-5-6-17-57-32-12-13-33(30(4-2)25-32)31-10-8-29(9-11-31)24-34(42)40(51)52/h8-13,25,34-35H,3-7,14-24,26-28,41-42H2,1-2H3,(H,43,48)(H,44,49)(H,45,50)(H,46,47)(H,51,52)/t34-,35-/m0/s1. The Kier molecular flexibility index (Phi) is 25.2. The van der Waals surface area contributed by atoms with Crippen molar-refractivity contribution in [2.45, 2.75) is 64.5 Å². The van der Waals surface area contributed by atoms with Crippen molar-refractivity contribution in [2.24, 2.45) is 11.5 Å². The van der Waals surface area contributed by atoms with Gasteiger partial charge in [0.05, 0.1) is 46.2 Å². The number of hydrogen-bond donors (Lipinski definition) is 7. The Morgan fingerprint density at radius 3 is 1.93 bits per heavy atom. The largest absolute Gasteiger partial charge is 0.494 e. The monoisotopic (exact) mass is 802 g/mol. The second-order valence-corrected chi connectivity index (χ2v) is 13.0. The normalized spacial score (nSPS) is 12.0. The number of carboxylic acids is 1. The van der Waals surface area contributed by atoms with E-state index in [2.05, 4.69) is 28.2 Å². The number of carboxylic acid groups (broad SMARTS) is 1. The van der Waals surface area contributed by atoms with E-state index in [1.54, 1.807) is 0 Å². The predicted octanol–water partition coefficient (Wildman–Crippen LogP) is 0.688. The van der Waals surface area contributed by atoms with Crippen LogP contribution in [-0.4, -0.2) is 132 Å². The highest BCUT2D eigenvalue weighted by Gasteiger charge is 2.18. The predicted molar refractivity (Wildman–Crippen MR) is 213 cm³/mol. The molecular formula is C40H62N6O11. The van der Waals surface area contributed by atoms with E-state index < -0.39 is 18.1 Å². The summed E-state index contributed by atoms with van der Waals surface area (Å²) in [7, 11) is 0. The molecule has 9 N–H and O–H groups in total. The quantitative estimate of drug-likeness (QED) is 0.0504. The molecule has 0 bridgehead atoms. The lowest BCUT2D eigenvalue weighted by atomic mass is 9.96. The number of amides is 4. The number of carbonyl (C=O) groups excluding carboxylic acids is 4. The number of nitrogens with two attached hydrogens (primary N) is 2. The van der Waals surface area contributed by atoms with Crippen LogP contribution in [0.1, 0.15) is 50.7 Å². The zero-order chi connectivity index (χ0) is 41.7. The lowest BCUT2D eigenvalue weighted by molar-refractivity contribution is -0.138. The van der Waals surface area contributed by atoms with E-state index >= 15 is 0 Å². The van der Waals surface area contributed by atoms with Crippen LogP contribution in [0, 0.1) is 0 Å². The molecule has 2 rings (SSSR count). The Morgan fingerprint density at radius 2 is 1.33 bits per heavy atom. The van der Waals surface area contributed by atoms with Crippen LogP contribution in [0.2, 0.25) is 0 Å². The molecule has 0 unspecified atom stereocenters. The minimum atomic E-state index is -1.02. The Morgan fingerprint density at radius 1 is 0.719 bits per heavy atom. The summed E-state index contributed by atoms with van der Waals surface area (Å²) in [6, 6.07) is 12.1. The fraction of sp³-hybridized carbons (Fsp3) is 0.575. The van der Waals surface area contributed by atoms with Crippen LogP contribution in [-0.2, 0) is 55.8 Å². The Hall–Kier alpha value is -4.65. The number of aryl methyl sites for hydroxylation is 1. The molecule has 318 valence electrons. The van der Waals surface area contributed by atoms with Crippen LogP contribution >= 0.6 is 0 Å². The molecule has 0 aliphatic heterocycles. The maximum atomic E-state index is 12.1. The third kappa shape index (κ3) is 21.5. The van der Waals surface area contributed by atoms with Crippen molar-refractivity contribution in [1.29, 1.82) is 0 Å². The summed E-state index contributed by atoms with van der Waals surface area (Å²) in [5.41, 5.74) is 15.4. The third-order valence-electron chi connectivity index (χ3n) is 8.35. The molecule has 0 aromatic heterocycles. The summed E-state index contributed by atoms with van der Waals surface area (Å²) in [5.74, 6) is -1.35. The first-order chi connectivity index (χ1) is 27.6. The van der Waals surface area contributed by atoms with Gasteiger partial charge in [0.2, 0.25) is 23.6 Å². The fourth-order valence-corrected chi connectivity index (χ4v) is 5.27. The molecule has 0 saturated heterocycles. The minimum absolute atomic E-state index is 0.00336. The van der Waals surface area contributed by atoms with Gasteiger partial charge in [-0.1, -0.05) is 44.2 Å². The highest BCUT2D eigenvalue weighted by atomic mass is 16.5. The van der Waals surface area contributed by atoms with Crippen molar-refractivity contribution in [3.8, 4) is 16.9 Å². The van der Waals surface area contributed by atoms with Crippen molar-refractivity contribution in [3.05, 3.63) is 53.6 Å². The van der Waals surface area contributed by atoms with Gasteiger partial charge >= 0.3 is 5.97 Å². The van der Waals surface area contributed by atoms with Crippen molar-refractivity contribution < 1.29 is 52.8 Å². The summed E-state index contributed by atoms with van der Waals surface area (Å²) in [5, 5.41) is 19.8. The molecule has 0 heterocycles. The lowest BCUT2D eigenvalue weighted by Crippen LogP contribution is -2.51. The van der Waals surface area contributed by atoms with Crippen molar-refractivity contribution >= 4 is 29.6 Å². The van der Waals surface area contributed by atoms with Crippen LogP contribution in [0.4, 0.5) is 0 Å². The summed E-state index contributed by atoms with van der Waals surface area (Å²) in [6.45, 7) is 6.73. The molecule has 0 aliphatic rings. The summed E-state index contributed by atoms with van der Waals surface area (Å²) in [6.07, 6.45) is 3.61. The van der Waals surface area contributed by atoms with Crippen LogP contribution in [0.5, 0.6) is 5.75 Å². The molecule has 0 radical (unpaired) electrons. The van der Waals surface area contributed by atoms with Gasteiger partial charge in [0, 0.05) is 32.6 Å². The van der Waals surface area contributed by atoms with Gasteiger partial charge in [-0.2, -0.15) is 0 Å². The Balaban J connectivity index is 1.42. The van der Waals surface area contributed by atoms with E-state index in [-0.39, 0.29) is 96.0 Å². The highest BCUT2D eigenvalue weighted by Crippen LogP contribution is 2.28. The van der Waals surface area contributed by atoms with Gasteiger partial charge in [0.1, 0.15) is 31.0 Å². The molecule has 4 amide bonds. The van der Waals surface area contributed by atoms with Crippen LogP contribution in [0.15, 0.2) is 42.5 Å². The van der Waals surface area contributed by atoms with Gasteiger partial charge in [-0.25, -0.2) is 0 Å². The second kappa shape index (κ2) is 29.6. The molecule has 2 aromatic rings. The number of benzene rings is 2. The molecule has 17 nitrogen and oxygen atoms in total. The molecule has 0 aliphatic carbocycles. The Bertz CT molecular complexity index is 1490. The van der Waals surface area contributed by atoms with Gasteiger partial charge in [-0.05, 0) is 66.5 Å². The number of hydrogen-bond acceptors (Lipinski definition) is 12. The van der Waals surface area contributed by atoms with Gasteiger partial charge < -0.3 is 61.5 Å². The van der Waals surface area contributed by atoms with E-state index in [1.807, 2.05) is 49.4 Å². The fourth-order valence-electron chi connectivity index (χ4n) is 5.27. The highest BCUT2D eigenvalue weighted by molar-refractivity contribution is 5.87. The van der Waals surface area contributed by atoms with Crippen molar-refractivity contribution in [3.63, 3.8) is 0 Å². The summed E-state index contributed by atoms with van der Waals surface area (Å²) in [4.78, 5) is 58.8. The average Bonchev–Trinajstić information content (AvgIpc) is 3.20. The molecule has 57 heavy (non-hydrogen) atoms. The Labute approximate surface area is 335 Å². The zero-order valence-corrected chi connectivity index (χ0v) is 33.3. The number of unbranched alkanes of at least 4 members (excludes halogenated alkanes) is 1. The third-order valence-corrected chi connectivity index (χ3v) is 8.35. The van der Waals surface area contributed by atoms with Crippen LogP contribution < -0.4 is 37.5 Å². The molecule has 0 fully saturated rings. The molecular weight excluding hydrogens is 740 g/mol. The smallest absolute Gasteiger partial charge is 0.320 e. The topological polar surface area (TPSA) is 252 Å². The maximum absolute atomic E-state index is 12.1. The van der Waals surface area contributed by atoms with E-state index in [4.69, 9.17) is 40.3 Å². The number of rotatable bonds is 32. The van der Waals surface area contributed by atoms with Crippen LogP contribution in [0.25, 0.3) is 11.1 Å². The number of ether oxygens (including phenoxy) is 5. The molecule has 17 heteroatoms. The first-order valence-corrected chi connectivity index (χ1v) is 19.5. The van der Waals surface area contributed by atoms with Crippen LogP contribution in [0.3, 0.4) is 0 Å². The van der Waals surface area contributed by atoms with E-state index in [9.17, 15) is 24.0 Å². The maximum Gasteiger partial charge on any atom is 0.320 e. The first kappa shape index (κ1) is 48.5. The average molecular weight is 803 g/mol. The van der Waals surface area contributed by atoms with Crippen molar-refractivity contribution in [2.75, 3.05) is 85.6 Å². The first-order valence-electron chi connectivity index (χ1n) is 19.5. The lowest BCUT2D eigenvalue weighted by Gasteiger charge is -2.16.